The molecule has 0 spiro atoms. The molecule has 226 valence electrons. The van der Waals surface area contributed by atoms with Crippen LogP contribution in [0.3, 0.4) is 0 Å². The third-order valence-electron chi connectivity index (χ3n) is 7.92. The topological polar surface area (TPSA) is 105 Å². The lowest BCUT2D eigenvalue weighted by Crippen LogP contribution is -2.26. The minimum absolute atomic E-state index is 0.0457. The van der Waals surface area contributed by atoms with Crippen LogP contribution in [-0.2, 0) is 40.3 Å². The first-order chi connectivity index (χ1) is 19.9. The second-order valence-corrected chi connectivity index (χ2v) is 14.6. The number of nitrogens with zero attached hydrogens (tertiary/aromatic N) is 4. The Morgan fingerprint density at radius 3 is 2.40 bits per heavy atom. The van der Waals surface area contributed by atoms with Crippen LogP contribution in [-0.4, -0.2) is 39.9 Å². The molecule has 5 rings (SSSR count). The number of rotatable bonds is 10. The molecule has 1 N–H and O–H groups in total. The molecular formula is C29H34F3N5O3S2. The number of nitrogens with one attached hydrogen (secondary N) is 1. The van der Waals surface area contributed by atoms with Gasteiger partial charge in [0.15, 0.2) is 15.0 Å². The van der Waals surface area contributed by atoms with Gasteiger partial charge in [0.2, 0.25) is 5.91 Å². The molecule has 2 aromatic heterocycles. The van der Waals surface area contributed by atoms with Gasteiger partial charge in [-0.1, -0.05) is 51.7 Å². The number of sulfone groups is 1. The third kappa shape index (κ3) is 7.17. The zero-order valence-corrected chi connectivity index (χ0v) is 25.2. The van der Waals surface area contributed by atoms with Crippen LogP contribution in [0.1, 0.15) is 79.5 Å². The summed E-state index contributed by atoms with van der Waals surface area (Å²) < 4.78 is 64.1. The number of hydrogen-bond donors (Lipinski definition) is 1. The maximum atomic E-state index is 12.9. The molecule has 0 unspecified atom stereocenters. The monoisotopic (exact) mass is 621 g/mol. The number of thiazole rings is 1. The van der Waals surface area contributed by atoms with Gasteiger partial charge in [0.25, 0.3) is 0 Å². The van der Waals surface area contributed by atoms with Crippen molar-refractivity contribution in [2.75, 3.05) is 11.1 Å². The van der Waals surface area contributed by atoms with Gasteiger partial charge in [0, 0.05) is 30.4 Å². The third-order valence-corrected chi connectivity index (χ3v) is 10.6. The van der Waals surface area contributed by atoms with E-state index in [4.69, 9.17) is 0 Å². The SMILES string of the molecule is CC(C)[C@@H]1c2nc(NC(=O)Cc3ncc(S(=O)(=O)CCC4CCCC4)cn3)sc2CN1Cc1ccc(C(F)(F)F)cc1. The van der Waals surface area contributed by atoms with Crippen molar-refractivity contribution >= 4 is 32.2 Å². The summed E-state index contributed by atoms with van der Waals surface area (Å²) in [7, 11) is -3.47. The summed E-state index contributed by atoms with van der Waals surface area (Å²) >= 11 is 1.37. The van der Waals surface area contributed by atoms with Crippen molar-refractivity contribution in [2.45, 2.75) is 82.6 Å². The molecule has 8 nitrogen and oxygen atoms in total. The summed E-state index contributed by atoms with van der Waals surface area (Å²) in [6.45, 7) is 5.18. The van der Waals surface area contributed by atoms with Gasteiger partial charge in [-0.2, -0.15) is 13.2 Å². The quantitative estimate of drug-likeness (QED) is 0.287. The van der Waals surface area contributed by atoms with E-state index in [2.05, 4.69) is 39.0 Å². The van der Waals surface area contributed by atoms with Gasteiger partial charge in [-0.15, -0.1) is 11.3 Å². The van der Waals surface area contributed by atoms with Gasteiger partial charge in [-0.3, -0.25) is 9.69 Å². The van der Waals surface area contributed by atoms with E-state index in [1.54, 1.807) is 0 Å². The number of carbonyl (C=O) groups excluding carboxylic acids is 1. The van der Waals surface area contributed by atoms with Gasteiger partial charge in [-0.25, -0.2) is 23.4 Å². The van der Waals surface area contributed by atoms with Crippen molar-refractivity contribution in [3.63, 3.8) is 0 Å². The first-order valence-corrected chi connectivity index (χ1v) is 16.6. The number of hydrogen-bond acceptors (Lipinski definition) is 8. The van der Waals surface area contributed by atoms with Crippen LogP contribution in [0.25, 0.3) is 0 Å². The fraction of sp³-hybridized carbons (Fsp3) is 0.517. The maximum absolute atomic E-state index is 12.9. The Hall–Kier alpha value is -2.90. The zero-order chi connectivity index (χ0) is 30.1. The highest BCUT2D eigenvalue weighted by Crippen LogP contribution is 2.43. The molecule has 1 saturated carbocycles. The number of anilines is 1. The lowest BCUT2D eigenvalue weighted by molar-refractivity contribution is -0.137. The van der Waals surface area contributed by atoms with Crippen molar-refractivity contribution in [3.8, 4) is 0 Å². The van der Waals surface area contributed by atoms with E-state index in [0.29, 0.717) is 30.6 Å². The molecule has 1 aliphatic heterocycles. The van der Waals surface area contributed by atoms with Crippen LogP contribution in [0.2, 0.25) is 0 Å². The molecule has 0 saturated heterocycles. The second-order valence-electron chi connectivity index (χ2n) is 11.4. The number of carbonyl (C=O) groups is 1. The summed E-state index contributed by atoms with van der Waals surface area (Å²) in [5, 5.41) is 3.26. The van der Waals surface area contributed by atoms with Crippen LogP contribution in [0, 0.1) is 11.8 Å². The van der Waals surface area contributed by atoms with E-state index in [9.17, 15) is 26.4 Å². The summed E-state index contributed by atoms with van der Waals surface area (Å²) in [6, 6.07) is 5.17. The van der Waals surface area contributed by atoms with Crippen LogP contribution >= 0.6 is 11.3 Å². The van der Waals surface area contributed by atoms with Crippen molar-refractivity contribution in [1.29, 1.82) is 0 Å². The fourth-order valence-electron chi connectivity index (χ4n) is 5.78. The molecule has 2 aliphatic rings. The first-order valence-electron chi connectivity index (χ1n) is 14.1. The van der Waals surface area contributed by atoms with Gasteiger partial charge >= 0.3 is 6.18 Å². The van der Waals surface area contributed by atoms with Gasteiger partial charge in [-0.05, 0) is 36.0 Å². The normalized spacial score (nSPS) is 18.1. The van der Waals surface area contributed by atoms with E-state index < -0.39 is 21.6 Å². The molecule has 13 heteroatoms. The standard InChI is InChI=1S/C29H34F3N5O3S2/c1-18(2)27-26-23(17-37(27)16-20-7-9-21(10-8-20)29(30,31)32)41-28(36-26)35-25(38)13-24-33-14-22(15-34-24)42(39,40)12-11-19-5-3-4-6-19/h7-10,14-15,18-19,27H,3-6,11-13,16-17H2,1-2H3,(H,35,36,38)/t27-/m1/s1. The maximum Gasteiger partial charge on any atom is 0.416 e. The van der Waals surface area contributed by atoms with E-state index in [1.807, 2.05) is 0 Å². The molecule has 1 aliphatic carbocycles. The number of amides is 1. The van der Waals surface area contributed by atoms with E-state index in [-0.39, 0.29) is 40.8 Å². The Morgan fingerprint density at radius 2 is 1.79 bits per heavy atom. The van der Waals surface area contributed by atoms with Crippen LogP contribution < -0.4 is 5.32 Å². The number of halogens is 3. The highest BCUT2D eigenvalue weighted by atomic mass is 32.2. The molecule has 1 atom stereocenters. The van der Waals surface area contributed by atoms with E-state index in [1.165, 1.54) is 35.9 Å². The predicted octanol–water partition coefficient (Wildman–Crippen LogP) is 6.20. The zero-order valence-electron chi connectivity index (χ0n) is 23.5. The minimum Gasteiger partial charge on any atom is -0.302 e. The van der Waals surface area contributed by atoms with Crippen LogP contribution in [0.4, 0.5) is 18.3 Å². The number of fused-ring (bicyclic) bond motifs is 1. The largest absolute Gasteiger partial charge is 0.416 e. The van der Waals surface area contributed by atoms with E-state index >= 15 is 0 Å². The van der Waals surface area contributed by atoms with Crippen molar-refractivity contribution < 1.29 is 26.4 Å². The molecule has 0 radical (unpaired) electrons. The Labute approximate surface area is 247 Å². The highest BCUT2D eigenvalue weighted by Gasteiger charge is 2.36. The van der Waals surface area contributed by atoms with Crippen LogP contribution in [0.5, 0.6) is 0 Å². The van der Waals surface area contributed by atoms with Crippen molar-refractivity contribution in [1.82, 2.24) is 19.9 Å². The van der Waals surface area contributed by atoms with Crippen LogP contribution in [0.15, 0.2) is 41.6 Å². The molecular weight excluding hydrogens is 587 g/mol. The van der Waals surface area contributed by atoms with E-state index in [0.717, 1.165) is 54.0 Å². The average molecular weight is 622 g/mol. The summed E-state index contributed by atoms with van der Waals surface area (Å²) in [5.41, 5.74) is 0.973. The number of alkyl halides is 3. The smallest absolute Gasteiger partial charge is 0.302 e. The molecule has 1 aromatic carbocycles. The Morgan fingerprint density at radius 1 is 1.12 bits per heavy atom. The number of aromatic nitrogens is 3. The Kier molecular flexibility index (Phi) is 9.00. The Balaban J connectivity index is 1.17. The fourth-order valence-corrected chi connectivity index (χ4v) is 8.13. The van der Waals surface area contributed by atoms with Crippen molar-refractivity contribution in [3.05, 3.63) is 64.2 Å². The molecule has 3 aromatic rings. The molecule has 1 amide bonds. The van der Waals surface area contributed by atoms with Gasteiger partial charge in [0.1, 0.15) is 10.7 Å². The van der Waals surface area contributed by atoms with Gasteiger partial charge < -0.3 is 5.32 Å². The Bertz CT molecular complexity index is 1500. The lowest BCUT2D eigenvalue weighted by Gasteiger charge is -2.27. The predicted molar refractivity (Wildman–Crippen MR) is 153 cm³/mol. The van der Waals surface area contributed by atoms with Crippen molar-refractivity contribution in [2.24, 2.45) is 11.8 Å². The minimum atomic E-state index is -4.37. The average Bonchev–Trinajstić information content (AvgIpc) is 3.64. The summed E-state index contributed by atoms with van der Waals surface area (Å²) in [4.78, 5) is 28.9. The highest BCUT2D eigenvalue weighted by molar-refractivity contribution is 7.91. The molecule has 0 bridgehead atoms. The molecule has 3 heterocycles. The first kappa shape index (κ1) is 30.6. The second kappa shape index (κ2) is 12.4. The number of benzene rings is 1. The van der Waals surface area contributed by atoms with Gasteiger partial charge in [0.05, 0.1) is 29.5 Å². The summed E-state index contributed by atoms with van der Waals surface area (Å²) in [5.74, 6) is 0.590. The lowest BCUT2D eigenvalue weighted by atomic mass is 10.0. The molecule has 42 heavy (non-hydrogen) atoms. The summed E-state index contributed by atoms with van der Waals surface area (Å²) in [6.07, 6.45) is 3.20. The molecule has 1 fully saturated rings.